The van der Waals surface area contributed by atoms with E-state index in [1.165, 1.54) is 62.8 Å². The fourth-order valence-electron chi connectivity index (χ4n) is 3.21. The number of rotatable bonds is 9. The van der Waals surface area contributed by atoms with E-state index in [-0.39, 0.29) is 27.7 Å². The molecule has 35 heavy (non-hydrogen) atoms. The van der Waals surface area contributed by atoms with Crippen molar-refractivity contribution in [3.8, 4) is 11.5 Å². The summed E-state index contributed by atoms with van der Waals surface area (Å²) in [5.74, 6) is -0.890. The van der Waals surface area contributed by atoms with E-state index < -0.39 is 33.2 Å². The van der Waals surface area contributed by atoms with Crippen molar-refractivity contribution in [2.75, 3.05) is 30.4 Å². The molecule has 0 spiro atoms. The van der Waals surface area contributed by atoms with Crippen LogP contribution >= 0.6 is 0 Å². The number of aryl methyl sites for hydroxylation is 1. The van der Waals surface area contributed by atoms with Gasteiger partial charge in [0.05, 0.1) is 35.4 Å². The maximum atomic E-state index is 13.6. The van der Waals surface area contributed by atoms with Crippen LogP contribution in [0.5, 0.6) is 11.5 Å². The first-order valence-electron chi connectivity index (χ1n) is 10.1. The van der Waals surface area contributed by atoms with Crippen LogP contribution in [-0.4, -0.2) is 40.0 Å². The lowest BCUT2D eigenvalue weighted by molar-refractivity contribution is -0.384. The van der Waals surface area contributed by atoms with Crippen molar-refractivity contribution in [1.82, 2.24) is 0 Å². The summed E-state index contributed by atoms with van der Waals surface area (Å²) in [6.07, 6.45) is 0. The fraction of sp³-hybridized carbons (Fsp3) is 0.174. The zero-order valence-electron chi connectivity index (χ0n) is 19.0. The predicted molar refractivity (Wildman–Crippen MR) is 127 cm³/mol. The van der Waals surface area contributed by atoms with Gasteiger partial charge in [0.2, 0.25) is 5.91 Å². The Morgan fingerprint density at radius 1 is 1.03 bits per heavy atom. The first kappa shape index (κ1) is 25.4. The Labute approximate surface area is 201 Å². The Balaban J connectivity index is 2.00. The third-order valence-electron chi connectivity index (χ3n) is 5.05. The Bertz CT molecular complexity index is 1360. The Morgan fingerprint density at radius 2 is 1.69 bits per heavy atom. The van der Waals surface area contributed by atoms with Gasteiger partial charge in [-0.3, -0.25) is 19.2 Å². The molecule has 3 aromatic rings. The van der Waals surface area contributed by atoms with Gasteiger partial charge in [0, 0.05) is 18.2 Å². The highest BCUT2D eigenvalue weighted by atomic mass is 32.2. The molecule has 0 aliphatic heterocycles. The van der Waals surface area contributed by atoms with Crippen molar-refractivity contribution in [2.24, 2.45) is 0 Å². The van der Waals surface area contributed by atoms with E-state index >= 15 is 0 Å². The second-order valence-corrected chi connectivity index (χ2v) is 9.17. The molecule has 0 fully saturated rings. The van der Waals surface area contributed by atoms with Gasteiger partial charge < -0.3 is 14.8 Å². The van der Waals surface area contributed by atoms with E-state index in [2.05, 4.69) is 5.32 Å². The molecular formula is C23H22FN3O7S. The minimum Gasteiger partial charge on any atom is -0.493 e. The van der Waals surface area contributed by atoms with Crippen LogP contribution in [0.2, 0.25) is 0 Å². The van der Waals surface area contributed by atoms with Gasteiger partial charge in [-0.1, -0.05) is 6.07 Å². The zero-order chi connectivity index (χ0) is 25.8. The molecule has 0 atom stereocenters. The summed E-state index contributed by atoms with van der Waals surface area (Å²) in [5.41, 5.74) is 0.498. The monoisotopic (exact) mass is 503 g/mol. The van der Waals surface area contributed by atoms with Crippen LogP contribution in [0.1, 0.15) is 5.56 Å². The van der Waals surface area contributed by atoms with Gasteiger partial charge >= 0.3 is 0 Å². The highest BCUT2D eigenvalue weighted by Gasteiger charge is 2.29. The second-order valence-electron chi connectivity index (χ2n) is 7.31. The van der Waals surface area contributed by atoms with Crippen molar-refractivity contribution < 1.29 is 32.0 Å². The van der Waals surface area contributed by atoms with Crippen molar-refractivity contribution in [1.29, 1.82) is 0 Å². The standard InChI is InChI=1S/C23H22FN3O7S/c1-15-4-7-18(27(29)30)12-20(15)25-23(28)14-26(17-8-5-16(24)6-9-17)35(31,32)19-10-11-21(33-2)22(13-19)34-3/h4-13H,14H2,1-3H3,(H,25,28). The number of ether oxygens (including phenoxy) is 2. The molecule has 0 aliphatic carbocycles. The van der Waals surface area contributed by atoms with Crippen LogP contribution in [0, 0.1) is 22.9 Å². The number of benzene rings is 3. The summed E-state index contributed by atoms with van der Waals surface area (Å²) < 4.78 is 51.7. The summed E-state index contributed by atoms with van der Waals surface area (Å²) in [7, 11) is -1.59. The Hall–Kier alpha value is -4.19. The topological polar surface area (TPSA) is 128 Å². The van der Waals surface area contributed by atoms with Crippen LogP contribution < -0.4 is 19.1 Å². The third kappa shape index (κ3) is 5.66. The first-order chi connectivity index (χ1) is 16.6. The number of methoxy groups -OCH3 is 2. The number of amides is 1. The highest BCUT2D eigenvalue weighted by molar-refractivity contribution is 7.92. The maximum absolute atomic E-state index is 13.6. The Morgan fingerprint density at radius 3 is 2.29 bits per heavy atom. The third-order valence-corrected chi connectivity index (χ3v) is 6.82. The smallest absolute Gasteiger partial charge is 0.271 e. The molecule has 0 aromatic heterocycles. The molecule has 3 aromatic carbocycles. The number of hydrogen-bond acceptors (Lipinski definition) is 7. The summed E-state index contributed by atoms with van der Waals surface area (Å²) in [6.45, 7) is 0.946. The molecule has 0 radical (unpaired) electrons. The van der Waals surface area contributed by atoms with Crippen LogP contribution in [-0.2, 0) is 14.8 Å². The molecule has 1 N–H and O–H groups in total. The molecule has 1 amide bonds. The van der Waals surface area contributed by atoms with Gasteiger partial charge in [0.25, 0.3) is 15.7 Å². The number of carbonyl (C=O) groups excluding carboxylic acids is 1. The molecule has 0 heterocycles. The number of nitrogens with zero attached hydrogens (tertiary/aromatic N) is 2. The van der Waals surface area contributed by atoms with E-state index in [0.29, 0.717) is 11.3 Å². The van der Waals surface area contributed by atoms with Crippen molar-refractivity contribution in [3.63, 3.8) is 0 Å². The van der Waals surface area contributed by atoms with Gasteiger partial charge in [-0.15, -0.1) is 0 Å². The summed E-state index contributed by atoms with van der Waals surface area (Å²) >= 11 is 0. The number of carbonyl (C=O) groups is 1. The number of non-ortho nitro benzene ring substituents is 1. The lowest BCUT2D eigenvalue weighted by Crippen LogP contribution is -2.38. The highest BCUT2D eigenvalue weighted by Crippen LogP contribution is 2.32. The van der Waals surface area contributed by atoms with Crippen molar-refractivity contribution in [3.05, 3.63) is 82.2 Å². The maximum Gasteiger partial charge on any atom is 0.271 e. The van der Waals surface area contributed by atoms with Gasteiger partial charge in [0.1, 0.15) is 12.4 Å². The SMILES string of the molecule is COc1ccc(S(=O)(=O)N(CC(=O)Nc2cc([N+](=O)[O-])ccc2C)c2ccc(F)cc2)cc1OC. The lowest BCUT2D eigenvalue weighted by atomic mass is 10.2. The number of anilines is 2. The van der Waals surface area contributed by atoms with E-state index in [1.807, 2.05) is 0 Å². The minimum absolute atomic E-state index is 0.0344. The molecule has 184 valence electrons. The largest absolute Gasteiger partial charge is 0.493 e. The Kier molecular flexibility index (Phi) is 7.55. The van der Waals surface area contributed by atoms with E-state index in [0.717, 1.165) is 16.4 Å². The van der Waals surface area contributed by atoms with E-state index in [9.17, 15) is 27.7 Å². The molecule has 0 aliphatic rings. The molecule has 10 nitrogen and oxygen atoms in total. The van der Waals surface area contributed by atoms with Gasteiger partial charge in [-0.25, -0.2) is 12.8 Å². The lowest BCUT2D eigenvalue weighted by Gasteiger charge is -2.24. The molecule has 0 bridgehead atoms. The number of sulfonamides is 1. The number of nitro benzene ring substituents is 1. The quantitative estimate of drug-likeness (QED) is 0.346. The van der Waals surface area contributed by atoms with E-state index in [1.54, 1.807) is 6.92 Å². The van der Waals surface area contributed by atoms with Gasteiger partial charge in [0.15, 0.2) is 11.5 Å². The van der Waals surface area contributed by atoms with Gasteiger partial charge in [-0.2, -0.15) is 0 Å². The predicted octanol–water partition coefficient (Wildman–Crippen LogP) is 3.89. The molecular weight excluding hydrogens is 481 g/mol. The number of halogens is 1. The van der Waals surface area contributed by atoms with Crippen LogP contribution in [0.4, 0.5) is 21.5 Å². The summed E-state index contributed by atoms with van der Waals surface area (Å²) in [4.78, 5) is 23.2. The van der Waals surface area contributed by atoms with E-state index in [4.69, 9.17) is 9.47 Å². The van der Waals surface area contributed by atoms with Crippen LogP contribution in [0.3, 0.4) is 0 Å². The molecule has 0 unspecified atom stereocenters. The number of nitrogens with one attached hydrogen (secondary N) is 1. The molecule has 0 saturated heterocycles. The summed E-state index contributed by atoms with van der Waals surface area (Å²) in [6, 6.07) is 12.4. The molecule has 0 saturated carbocycles. The number of hydrogen-bond donors (Lipinski definition) is 1. The fourth-order valence-corrected chi connectivity index (χ4v) is 4.64. The second kappa shape index (κ2) is 10.4. The van der Waals surface area contributed by atoms with Crippen LogP contribution in [0.25, 0.3) is 0 Å². The summed E-state index contributed by atoms with van der Waals surface area (Å²) in [5, 5.41) is 13.6. The average Bonchev–Trinajstić information content (AvgIpc) is 2.83. The minimum atomic E-state index is -4.34. The normalized spacial score (nSPS) is 11.0. The van der Waals surface area contributed by atoms with Crippen molar-refractivity contribution >= 4 is 33.0 Å². The van der Waals surface area contributed by atoms with Crippen molar-refractivity contribution in [2.45, 2.75) is 11.8 Å². The zero-order valence-corrected chi connectivity index (χ0v) is 19.8. The van der Waals surface area contributed by atoms with Gasteiger partial charge in [-0.05, 0) is 48.9 Å². The van der Waals surface area contributed by atoms with Crippen LogP contribution in [0.15, 0.2) is 65.6 Å². The first-order valence-corrected chi connectivity index (χ1v) is 11.6. The molecule has 12 heteroatoms. The number of nitro groups is 1. The molecule has 3 rings (SSSR count). The average molecular weight is 504 g/mol.